The Bertz CT molecular complexity index is 823. The zero-order valence-corrected chi connectivity index (χ0v) is 17.3. The third kappa shape index (κ3) is 5.49. The summed E-state index contributed by atoms with van der Waals surface area (Å²) < 4.78 is 15.3. The molecule has 0 spiro atoms. The first kappa shape index (κ1) is 22.3. The normalized spacial score (nSPS) is 17.8. The molecule has 0 bridgehead atoms. The maximum Gasteiger partial charge on any atom is 0.408 e. The zero-order chi connectivity index (χ0) is 21.8. The number of phenolic OH excluding ortho intramolecular Hbond substituents is 1. The quantitative estimate of drug-likeness (QED) is 0.725. The van der Waals surface area contributed by atoms with Gasteiger partial charge in [-0.05, 0) is 44.9 Å². The number of para-hydroxylation sites is 1. The highest BCUT2D eigenvalue weighted by molar-refractivity contribution is 6.01. The summed E-state index contributed by atoms with van der Waals surface area (Å²) in [6, 6.07) is 3.77. The predicted molar refractivity (Wildman–Crippen MR) is 106 cm³/mol. The van der Waals surface area contributed by atoms with Crippen LogP contribution in [0.4, 0.5) is 4.79 Å². The molecule has 1 amide bonds. The number of ketones is 1. The number of benzene rings is 1. The maximum atomic E-state index is 12.5. The van der Waals surface area contributed by atoms with E-state index >= 15 is 0 Å². The van der Waals surface area contributed by atoms with Gasteiger partial charge >= 0.3 is 12.1 Å². The molecule has 0 saturated carbocycles. The van der Waals surface area contributed by atoms with Crippen LogP contribution in [0.15, 0.2) is 24.3 Å². The van der Waals surface area contributed by atoms with Crippen LogP contribution in [-0.4, -0.2) is 48.8 Å². The van der Waals surface area contributed by atoms with Crippen molar-refractivity contribution in [3.63, 3.8) is 0 Å². The molecule has 0 heterocycles. The topological polar surface area (TPSA) is 111 Å². The molecule has 0 saturated heterocycles. The number of amides is 1. The van der Waals surface area contributed by atoms with Crippen molar-refractivity contribution < 1.29 is 33.7 Å². The Hall–Kier alpha value is -3.03. The Labute approximate surface area is 169 Å². The van der Waals surface area contributed by atoms with Crippen molar-refractivity contribution in [2.24, 2.45) is 5.92 Å². The second-order valence-corrected chi connectivity index (χ2v) is 7.71. The van der Waals surface area contributed by atoms with Crippen LogP contribution in [0.1, 0.15) is 39.2 Å². The molecule has 1 aliphatic carbocycles. The molecule has 0 aromatic heterocycles. The van der Waals surface area contributed by atoms with Crippen molar-refractivity contribution >= 4 is 23.4 Å². The van der Waals surface area contributed by atoms with E-state index in [4.69, 9.17) is 14.2 Å². The highest BCUT2D eigenvalue weighted by Gasteiger charge is 2.38. The second-order valence-electron chi connectivity index (χ2n) is 7.71. The van der Waals surface area contributed by atoms with Crippen LogP contribution in [0.3, 0.4) is 0 Å². The van der Waals surface area contributed by atoms with Crippen LogP contribution in [0.25, 0.3) is 5.57 Å². The lowest BCUT2D eigenvalue weighted by molar-refractivity contribution is -0.144. The van der Waals surface area contributed by atoms with Crippen molar-refractivity contribution in [3.8, 4) is 11.5 Å². The van der Waals surface area contributed by atoms with Gasteiger partial charge in [-0.25, -0.2) is 9.59 Å². The van der Waals surface area contributed by atoms with Gasteiger partial charge in [0.25, 0.3) is 0 Å². The molecule has 0 fully saturated rings. The number of hydrogen-bond acceptors (Lipinski definition) is 7. The smallest absolute Gasteiger partial charge is 0.408 e. The Morgan fingerprint density at radius 2 is 1.93 bits per heavy atom. The monoisotopic (exact) mass is 405 g/mol. The number of aromatic hydroxyl groups is 1. The number of alkyl carbamates (subject to hydrolysis) is 1. The molecule has 2 atom stereocenters. The molecule has 1 aliphatic rings. The molecule has 2 rings (SSSR count). The van der Waals surface area contributed by atoms with Gasteiger partial charge in [-0.3, -0.25) is 4.79 Å². The standard InChI is InChI=1S/C21H27NO7/c1-21(2,3)29-20(26)22-17(19(25)28-5)13-10-9-12(23)11-15(13)14-7-6-8-16(27-4)18(14)24/h6-8,11,13,17,24H,9-10H2,1-5H3,(H,22,26)/t13-,17+/m1/s1. The second kappa shape index (κ2) is 8.98. The minimum Gasteiger partial charge on any atom is -0.504 e. The molecular formula is C21H27NO7. The average molecular weight is 405 g/mol. The summed E-state index contributed by atoms with van der Waals surface area (Å²) >= 11 is 0. The molecule has 1 aromatic carbocycles. The molecule has 8 heteroatoms. The summed E-state index contributed by atoms with van der Waals surface area (Å²) in [4.78, 5) is 36.9. The van der Waals surface area contributed by atoms with Crippen LogP contribution >= 0.6 is 0 Å². The van der Waals surface area contributed by atoms with Gasteiger partial charge in [0, 0.05) is 17.9 Å². The third-order valence-corrected chi connectivity index (χ3v) is 4.48. The van der Waals surface area contributed by atoms with Crippen molar-refractivity contribution in [2.45, 2.75) is 45.3 Å². The van der Waals surface area contributed by atoms with E-state index in [1.165, 1.54) is 20.3 Å². The molecule has 0 radical (unpaired) electrons. The van der Waals surface area contributed by atoms with E-state index < -0.39 is 29.6 Å². The molecular weight excluding hydrogens is 378 g/mol. The number of hydrogen-bond donors (Lipinski definition) is 2. The van der Waals surface area contributed by atoms with Crippen LogP contribution in [0.5, 0.6) is 11.5 Å². The molecule has 8 nitrogen and oxygen atoms in total. The largest absolute Gasteiger partial charge is 0.504 e. The van der Waals surface area contributed by atoms with Gasteiger partial charge in [0.2, 0.25) is 0 Å². The van der Waals surface area contributed by atoms with Gasteiger partial charge in [0.05, 0.1) is 14.2 Å². The van der Waals surface area contributed by atoms with Gasteiger partial charge < -0.3 is 24.6 Å². The number of esters is 1. The van der Waals surface area contributed by atoms with Gasteiger partial charge in [0.1, 0.15) is 11.6 Å². The van der Waals surface area contributed by atoms with Crippen LogP contribution < -0.4 is 10.1 Å². The molecule has 1 aromatic rings. The number of phenols is 1. The number of methoxy groups -OCH3 is 2. The van der Waals surface area contributed by atoms with Crippen LogP contribution in [-0.2, 0) is 19.1 Å². The van der Waals surface area contributed by atoms with E-state index in [0.29, 0.717) is 11.1 Å². The Balaban J connectivity index is 2.45. The highest BCUT2D eigenvalue weighted by atomic mass is 16.6. The summed E-state index contributed by atoms with van der Waals surface area (Å²) in [5, 5.41) is 13.1. The minimum atomic E-state index is -1.10. The molecule has 0 unspecified atom stereocenters. The predicted octanol–water partition coefficient (Wildman–Crippen LogP) is 2.83. The lowest BCUT2D eigenvalue weighted by Gasteiger charge is -2.31. The van der Waals surface area contributed by atoms with Crippen molar-refractivity contribution in [1.29, 1.82) is 0 Å². The fraction of sp³-hybridized carbons (Fsp3) is 0.476. The Kier molecular flexibility index (Phi) is 6.89. The zero-order valence-electron chi connectivity index (χ0n) is 17.3. The van der Waals surface area contributed by atoms with E-state index in [9.17, 15) is 19.5 Å². The molecule has 158 valence electrons. The van der Waals surface area contributed by atoms with Crippen molar-refractivity contribution in [2.75, 3.05) is 14.2 Å². The first-order chi connectivity index (χ1) is 13.6. The SMILES string of the molecule is COC(=O)[C@@H](NC(=O)OC(C)(C)C)[C@@H]1CCC(=O)C=C1c1cccc(OC)c1O. The number of allylic oxidation sites excluding steroid dienone is 1. The summed E-state index contributed by atoms with van der Waals surface area (Å²) in [5.41, 5.74) is 0.0169. The van der Waals surface area contributed by atoms with E-state index in [0.717, 1.165) is 0 Å². The summed E-state index contributed by atoms with van der Waals surface area (Å²) in [7, 11) is 2.63. The van der Waals surface area contributed by atoms with Crippen molar-refractivity contribution in [3.05, 3.63) is 29.8 Å². The number of rotatable bonds is 5. The third-order valence-electron chi connectivity index (χ3n) is 4.48. The molecule has 0 aliphatic heterocycles. The van der Waals surface area contributed by atoms with E-state index in [1.54, 1.807) is 39.0 Å². The lowest BCUT2D eigenvalue weighted by atomic mass is 9.78. The van der Waals surface area contributed by atoms with Gasteiger partial charge in [-0.15, -0.1) is 0 Å². The van der Waals surface area contributed by atoms with E-state index in [-0.39, 0.29) is 30.1 Å². The van der Waals surface area contributed by atoms with Crippen LogP contribution in [0, 0.1) is 5.92 Å². The fourth-order valence-corrected chi connectivity index (χ4v) is 3.23. The van der Waals surface area contributed by atoms with E-state index in [2.05, 4.69) is 5.32 Å². The Morgan fingerprint density at radius 3 is 2.52 bits per heavy atom. The fourth-order valence-electron chi connectivity index (χ4n) is 3.23. The number of carbonyl (C=O) groups excluding carboxylic acids is 3. The van der Waals surface area contributed by atoms with Crippen LogP contribution in [0.2, 0.25) is 0 Å². The first-order valence-corrected chi connectivity index (χ1v) is 9.25. The number of ether oxygens (including phenoxy) is 3. The molecule has 2 N–H and O–H groups in total. The Morgan fingerprint density at radius 1 is 1.24 bits per heavy atom. The maximum absolute atomic E-state index is 12.5. The van der Waals surface area contributed by atoms with Crippen molar-refractivity contribution in [1.82, 2.24) is 5.32 Å². The van der Waals surface area contributed by atoms with Gasteiger partial charge in [-0.2, -0.15) is 0 Å². The summed E-state index contributed by atoms with van der Waals surface area (Å²) in [6.45, 7) is 5.12. The van der Waals surface area contributed by atoms with Gasteiger partial charge in [-0.1, -0.05) is 12.1 Å². The first-order valence-electron chi connectivity index (χ1n) is 9.25. The number of nitrogens with one attached hydrogen (secondary N) is 1. The minimum absolute atomic E-state index is 0.139. The average Bonchev–Trinajstić information content (AvgIpc) is 2.64. The highest BCUT2D eigenvalue weighted by Crippen LogP contribution is 2.41. The van der Waals surface area contributed by atoms with Gasteiger partial charge in [0.15, 0.2) is 17.3 Å². The summed E-state index contributed by atoms with van der Waals surface area (Å²) in [6.07, 6.45) is 1.09. The molecule has 29 heavy (non-hydrogen) atoms. The van der Waals surface area contributed by atoms with E-state index in [1.807, 2.05) is 0 Å². The lowest BCUT2D eigenvalue weighted by Crippen LogP contribution is -2.49. The summed E-state index contributed by atoms with van der Waals surface area (Å²) in [5.74, 6) is -1.34. The number of carbonyl (C=O) groups is 3.